The quantitative estimate of drug-likeness (QED) is 0.820. The number of ether oxygens (including phenoxy) is 1. The first kappa shape index (κ1) is 19.6. The molecule has 0 radical (unpaired) electrons. The summed E-state index contributed by atoms with van der Waals surface area (Å²) in [5.41, 5.74) is 1.00. The minimum Gasteiger partial charge on any atom is -0.508 e. The molecule has 1 aliphatic carbocycles. The van der Waals surface area contributed by atoms with E-state index >= 15 is 0 Å². The molecule has 1 atom stereocenters. The molecule has 1 aromatic carbocycles. The van der Waals surface area contributed by atoms with Crippen molar-refractivity contribution < 1.29 is 14.6 Å². The molecule has 28 heavy (non-hydrogen) atoms. The number of carbonyl (C=O) groups excluding carboxylic acids is 1. The van der Waals surface area contributed by atoms with Crippen molar-refractivity contribution in [3.63, 3.8) is 0 Å². The summed E-state index contributed by atoms with van der Waals surface area (Å²) < 4.78 is 5.51. The number of benzene rings is 1. The fraction of sp³-hybridized carbons (Fsp3) is 0.696. The molecule has 3 fully saturated rings. The number of amides is 1. The standard InChI is InChI=1S/C23H34N2O3/c1-22(2,3)28-21(27)25-15-23(16-25)11-8-18(14-23)24-12-9-17(10-13-24)19-6-4-5-7-20(19)26/h4-7,17-18,26H,8-16H2,1-3H3/t18-/m1/s1. The maximum absolute atomic E-state index is 12.2. The fourth-order valence-corrected chi connectivity index (χ4v) is 5.40. The minimum atomic E-state index is -0.421. The molecule has 2 saturated heterocycles. The van der Waals surface area contributed by atoms with Crippen molar-refractivity contribution in [2.45, 2.75) is 70.4 Å². The van der Waals surface area contributed by atoms with E-state index in [0.29, 0.717) is 23.1 Å². The van der Waals surface area contributed by atoms with Gasteiger partial charge in [-0.1, -0.05) is 18.2 Å². The number of aromatic hydroxyl groups is 1. The second-order valence-corrected chi connectivity index (χ2v) is 10.1. The fourth-order valence-electron chi connectivity index (χ4n) is 5.40. The van der Waals surface area contributed by atoms with Crippen LogP contribution in [0.25, 0.3) is 0 Å². The van der Waals surface area contributed by atoms with Crippen LogP contribution in [0.3, 0.4) is 0 Å². The van der Waals surface area contributed by atoms with Gasteiger partial charge in [-0.3, -0.25) is 0 Å². The van der Waals surface area contributed by atoms with E-state index in [1.807, 2.05) is 37.8 Å². The Morgan fingerprint density at radius 1 is 1.14 bits per heavy atom. The summed E-state index contributed by atoms with van der Waals surface area (Å²) in [6, 6.07) is 8.43. The molecule has 1 amide bonds. The Kier molecular flexibility index (Phi) is 5.07. The Balaban J connectivity index is 1.26. The number of rotatable bonds is 2. The lowest BCUT2D eigenvalue weighted by molar-refractivity contribution is -0.0347. The number of carbonyl (C=O) groups is 1. The first-order chi connectivity index (χ1) is 13.2. The van der Waals surface area contributed by atoms with Gasteiger partial charge in [-0.05, 0) is 83.5 Å². The van der Waals surface area contributed by atoms with Crippen LogP contribution in [0.15, 0.2) is 24.3 Å². The largest absolute Gasteiger partial charge is 0.508 e. The number of nitrogens with zero attached hydrogens (tertiary/aromatic N) is 2. The molecule has 5 nitrogen and oxygen atoms in total. The SMILES string of the molecule is CC(C)(C)OC(=O)N1CC2(CC[C@@H](N3CCC(c4ccccc4O)CC3)C2)C1. The summed E-state index contributed by atoms with van der Waals surface area (Å²) in [4.78, 5) is 16.8. The second kappa shape index (κ2) is 7.25. The van der Waals surface area contributed by atoms with Gasteiger partial charge in [0.15, 0.2) is 0 Å². The third-order valence-corrected chi connectivity index (χ3v) is 6.80. The highest BCUT2D eigenvalue weighted by molar-refractivity contribution is 5.69. The average Bonchev–Trinajstić information content (AvgIpc) is 3.05. The topological polar surface area (TPSA) is 53.0 Å². The Morgan fingerprint density at radius 2 is 1.82 bits per heavy atom. The Hall–Kier alpha value is -1.75. The lowest BCUT2D eigenvalue weighted by atomic mass is 9.78. The van der Waals surface area contributed by atoms with Crippen molar-refractivity contribution >= 4 is 6.09 Å². The molecule has 1 saturated carbocycles. The number of phenolic OH excluding ortho intramolecular Hbond substituents is 1. The van der Waals surface area contributed by atoms with Crippen molar-refractivity contribution in [2.24, 2.45) is 5.41 Å². The number of likely N-dealkylation sites (tertiary alicyclic amines) is 2. The summed E-state index contributed by atoms with van der Waals surface area (Å²) in [6.45, 7) is 9.69. The molecule has 2 aliphatic heterocycles. The monoisotopic (exact) mass is 386 g/mol. The molecule has 0 aromatic heterocycles. The van der Waals surface area contributed by atoms with Crippen molar-refractivity contribution in [3.05, 3.63) is 29.8 Å². The van der Waals surface area contributed by atoms with E-state index in [-0.39, 0.29) is 6.09 Å². The zero-order valence-electron chi connectivity index (χ0n) is 17.5. The molecular weight excluding hydrogens is 352 g/mol. The molecule has 4 rings (SSSR count). The lowest BCUT2D eigenvalue weighted by Gasteiger charge is -2.48. The highest BCUT2D eigenvalue weighted by atomic mass is 16.6. The van der Waals surface area contributed by atoms with E-state index in [4.69, 9.17) is 4.74 Å². The van der Waals surface area contributed by atoms with Crippen LogP contribution in [0, 0.1) is 5.41 Å². The van der Waals surface area contributed by atoms with Gasteiger partial charge in [-0.2, -0.15) is 0 Å². The molecule has 5 heteroatoms. The molecular formula is C23H34N2O3. The zero-order chi connectivity index (χ0) is 19.9. The van der Waals surface area contributed by atoms with Crippen LogP contribution in [-0.4, -0.2) is 58.8 Å². The summed E-state index contributed by atoms with van der Waals surface area (Å²) >= 11 is 0. The third kappa shape index (κ3) is 4.00. The van der Waals surface area contributed by atoms with Crippen LogP contribution in [0.2, 0.25) is 0 Å². The average molecular weight is 387 g/mol. The van der Waals surface area contributed by atoms with Crippen LogP contribution in [0.5, 0.6) is 5.75 Å². The van der Waals surface area contributed by atoms with Gasteiger partial charge < -0.3 is 19.6 Å². The number of hydrogen-bond acceptors (Lipinski definition) is 4. The first-order valence-electron chi connectivity index (χ1n) is 10.7. The second-order valence-electron chi connectivity index (χ2n) is 10.1. The van der Waals surface area contributed by atoms with Gasteiger partial charge in [0.2, 0.25) is 0 Å². The van der Waals surface area contributed by atoms with Gasteiger partial charge in [0.25, 0.3) is 0 Å². The third-order valence-electron chi connectivity index (χ3n) is 6.80. The van der Waals surface area contributed by atoms with Crippen molar-refractivity contribution in [1.29, 1.82) is 0 Å². The number of phenols is 1. The maximum Gasteiger partial charge on any atom is 0.410 e. The molecule has 1 spiro atoms. The molecule has 1 N–H and O–H groups in total. The molecule has 1 aromatic rings. The highest BCUT2D eigenvalue weighted by Crippen LogP contribution is 2.48. The van der Waals surface area contributed by atoms with Gasteiger partial charge >= 0.3 is 6.09 Å². The Labute approximate surface area is 168 Å². The van der Waals surface area contributed by atoms with E-state index in [9.17, 15) is 9.90 Å². The predicted octanol–water partition coefficient (Wildman–Crippen LogP) is 4.36. The zero-order valence-corrected chi connectivity index (χ0v) is 17.5. The smallest absolute Gasteiger partial charge is 0.410 e. The van der Waals surface area contributed by atoms with E-state index in [0.717, 1.165) is 44.6 Å². The van der Waals surface area contributed by atoms with Gasteiger partial charge in [-0.15, -0.1) is 0 Å². The summed E-state index contributed by atoms with van der Waals surface area (Å²) in [7, 11) is 0. The predicted molar refractivity (Wildman–Crippen MR) is 110 cm³/mol. The van der Waals surface area contributed by atoms with Gasteiger partial charge in [-0.25, -0.2) is 4.79 Å². The minimum absolute atomic E-state index is 0.162. The lowest BCUT2D eigenvalue weighted by Crippen LogP contribution is -2.58. The van der Waals surface area contributed by atoms with Crippen LogP contribution >= 0.6 is 0 Å². The summed E-state index contributed by atoms with van der Waals surface area (Å²) in [5.74, 6) is 0.914. The number of piperidine rings is 1. The molecule has 0 unspecified atom stereocenters. The van der Waals surface area contributed by atoms with Crippen LogP contribution in [0.1, 0.15) is 64.4 Å². The van der Waals surface area contributed by atoms with E-state index in [1.54, 1.807) is 6.07 Å². The van der Waals surface area contributed by atoms with Crippen molar-refractivity contribution in [1.82, 2.24) is 9.80 Å². The molecule has 3 aliphatic rings. The highest BCUT2D eigenvalue weighted by Gasteiger charge is 2.51. The van der Waals surface area contributed by atoms with Crippen LogP contribution in [-0.2, 0) is 4.74 Å². The molecule has 2 heterocycles. The maximum atomic E-state index is 12.2. The number of hydrogen-bond donors (Lipinski definition) is 1. The van der Waals surface area contributed by atoms with E-state index < -0.39 is 5.60 Å². The summed E-state index contributed by atoms with van der Waals surface area (Å²) in [5, 5.41) is 10.1. The summed E-state index contributed by atoms with van der Waals surface area (Å²) in [6.07, 6.45) is 5.73. The van der Waals surface area contributed by atoms with Crippen LogP contribution in [0.4, 0.5) is 4.79 Å². The van der Waals surface area contributed by atoms with Gasteiger partial charge in [0.1, 0.15) is 11.4 Å². The Morgan fingerprint density at radius 3 is 2.46 bits per heavy atom. The van der Waals surface area contributed by atoms with Crippen molar-refractivity contribution in [2.75, 3.05) is 26.2 Å². The molecule has 154 valence electrons. The van der Waals surface area contributed by atoms with Gasteiger partial charge in [0, 0.05) is 24.5 Å². The van der Waals surface area contributed by atoms with E-state index in [2.05, 4.69) is 11.0 Å². The normalized spacial score (nSPS) is 25.7. The first-order valence-corrected chi connectivity index (χ1v) is 10.7. The number of para-hydroxylation sites is 1. The van der Waals surface area contributed by atoms with E-state index in [1.165, 1.54) is 19.3 Å². The molecule has 0 bridgehead atoms. The van der Waals surface area contributed by atoms with Gasteiger partial charge in [0.05, 0.1) is 0 Å². The van der Waals surface area contributed by atoms with Crippen molar-refractivity contribution in [3.8, 4) is 5.75 Å². The van der Waals surface area contributed by atoms with Crippen LogP contribution < -0.4 is 0 Å². The Bertz CT molecular complexity index is 713.